The van der Waals surface area contributed by atoms with Gasteiger partial charge < -0.3 is 15.4 Å². The average Bonchev–Trinajstić information content (AvgIpc) is 3.11. The van der Waals surface area contributed by atoms with E-state index in [9.17, 15) is 4.79 Å². The Morgan fingerprint density at radius 3 is 2.31 bits per heavy atom. The number of amides is 1. The van der Waals surface area contributed by atoms with Gasteiger partial charge in [0.15, 0.2) is 0 Å². The minimum Gasteiger partial charge on any atom is -0.487 e. The fourth-order valence-electron chi connectivity index (χ4n) is 5.72. The second-order valence-electron chi connectivity index (χ2n) is 10.6. The molecule has 3 heterocycles. The molecule has 2 aromatic rings. The van der Waals surface area contributed by atoms with Gasteiger partial charge in [-0.1, -0.05) is 18.2 Å². The summed E-state index contributed by atoms with van der Waals surface area (Å²) in [6, 6.07) is 13.9. The molecule has 0 unspecified atom stereocenters. The van der Waals surface area contributed by atoms with Crippen molar-refractivity contribution < 1.29 is 9.53 Å². The van der Waals surface area contributed by atoms with Crippen molar-refractivity contribution in [1.29, 1.82) is 0 Å². The summed E-state index contributed by atoms with van der Waals surface area (Å²) < 4.78 is 6.28. The lowest BCUT2D eigenvalue weighted by atomic mass is 9.71. The second-order valence-corrected chi connectivity index (χ2v) is 10.6. The number of hydrogen-bond donors (Lipinski definition) is 1. The Balaban J connectivity index is 1.16. The van der Waals surface area contributed by atoms with E-state index < -0.39 is 0 Å². The lowest BCUT2D eigenvalue weighted by molar-refractivity contribution is 0.0282. The first-order valence-electron chi connectivity index (χ1n) is 12.0. The van der Waals surface area contributed by atoms with Crippen LogP contribution in [-0.4, -0.2) is 47.5 Å². The fourth-order valence-corrected chi connectivity index (χ4v) is 5.72. The van der Waals surface area contributed by atoms with E-state index in [0.717, 1.165) is 63.3 Å². The van der Waals surface area contributed by atoms with E-state index in [1.807, 2.05) is 29.2 Å². The first kappa shape index (κ1) is 21.3. The summed E-state index contributed by atoms with van der Waals surface area (Å²) in [5.41, 5.74) is 10.2. The van der Waals surface area contributed by atoms with E-state index in [1.165, 1.54) is 24.0 Å². The van der Waals surface area contributed by atoms with Crippen LogP contribution in [0.25, 0.3) is 0 Å². The van der Waals surface area contributed by atoms with Gasteiger partial charge in [-0.05, 0) is 87.9 Å². The molecule has 5 rings (SSSR count). The van der Waals surface area contributed by atoms with E-state index in [4.69, 9.17) is 10.5 Å². The quantitative estimate of drug-likeness (QED) is 0.724. The molecule has 0 bridgehead atoms. The van der Waals surface area contributed by atoms with Gasteiger partial charge in [-0.15, -0.1) is 0 Å². The molecule has 2 fully saturated rings. The Labute approximate surface area is 191 Å². The summed E-state index contributed by atoms with van der Waals surface area (Å²) in [4.78, 5) is 17.4. The topological polar surface area (TPSA) is 58.8 Å². The van der Waals surface area contributed by atoms with Gasteiger partial charge in [0.2, 0.25) is 0 Å². The van der Waals surface area contributed by atoms with Gasteiger partial charge >= 0.3 is 0 Å². The highest BCUT2D eigenvalue weighted by Gasteiger charge is 2.39. The van der Waals surface area contributed by atoms with Gasteiger partial charge in [0.05, 0.1) is 0 Å². The molecule has 170 valence electrons. The van der Waals surface area contributed by atoms with Crippen molar-refractivity contribution in [3.63, 3.8) is 0 Å². The molecule has 5 nitrogen and oxygen atoms in total. The molecule has 5 heteroatoms. The maximum atomic E-state index is 12.8. The lowest BCUT2D eigenvalue weighted by Crippen LogP contribution is -2.48. The Hall–Kier alpha value is -2.53. The van der Waals surface area contributed by atoms with Crippen molar-refractivity contribution in [2.75, 3.05) is 31.9 Å². The maximum absolute atomic E-state index is 12.8. The number of ether oxygens (including phenoxy) is 1. The van der Waals surface area contributed by atoms with Crippen molar-refractivity contribution in [1.82, 2.24) is 9.80 Å². The zero-order chi connectivity index (χ0) is 22.3. The summed E-state index contributed by atoms with van der Waals surface area (Å²) in [5.74, 6) is 1.26. The number of carbonyl (C=O) groups is 1. The third-order valence-electron chi connectivity index (χ3n) is 7.75. The van der Waals surface area contributed by atoms with Crippen LogP contribution in [0.15, 0.2) is 42.5 Å². The molecule has 0 saturated carbocycles. The Morgan fingerprint density at radius 2 is 1.62 bits per heavy atom. The average molecular weight is 434 g/mol. The van der Waals surface area contributed by atoms with Crippen LogP contribution < -0.4 is 10.5 Å². The maximum Gasteiger partial charge on any atom is 0.253 e. The number of para-hydroxylation sites is 1. The highest BCUT2D eigenvalue weighted by Crippen LogP contribution is 2.43. The number of rotatable bonds is 3. The molecule has 1 spiro atoms. The van der Waals surface area contributed by atoms with Gasteiger partial charge in [-0.2, -0.15) is 0 Å². The van der Waals surface area contributed by atoms with E-state index >= 15 is 0 Å². The molecular weight excluding hydrogens is 398 g/mol. The summed E-state index contributed by atoms with van der Waals surface area (Å²) in [6.45, 7) is 9.28. The highest BCUT2D eigenvalue weighted by atomic mass is 16.5. The number of carbonyl (C=O) groups excluding carboxylic acids is 1. The molecule has 1 amide bonds. The number of nitrogen functional groups attached to an aromatic ring is 1. The Morgan fingerprint density at radius 1 is 0.969 bits per heavy atom. The lowest BCUT2D eigenvalue weighted by Gasteiger charge is -2.47. The predicted molar refractivity (Wildman–Crippen MR) is 128 cm³/mol. The van der Waals surface area contributed by atoms with E-state index in [2.05, 4.69) is 36.9 Å². The fraction of sp³-hybridized carbons (Fsp3) is 0.519. The molecule has 0 atom stereocenters. The van der Waals surface area contributed by atoms with Crippen LogP contribution in [0.4, 0.5) is 5.69 Å². The number of anilines is 1. The number of hydrogen-bond acceptors (Lipinski definition) is 4. The molecule has 2 aromatic carbocycles. The van der Waals surface area contributed by atoms with Crippen molar-refractivity contribution in [2.45, 2.75) is 58.1 Å². The van der Waals surface area contributed by atoms with Gasteiger partial charge in [-0.25, -0.2) is 0 Å². The van der Waals surface area contributed by atoms with E-state index in [0.29, 0.717) is 11.1 Å². The zero-order valence-electron chi connectivity index (χ0n) is 19.4. The van der Waals surface area contributed by atoms with Crippen LogP contribution in [0.5, 0.6) is 5.75 Å². The number of likely N-dealkylation sites (tertiary alicyclic amines) is 2. The minimum atomic E-state index is -0.0951. The molecule has 32 heavy (non-hydrogen) atoms. The summed E-state index contributed by atoms with van der Waals surface area (Å²) >= 11 is 0. The van der Waals surface area contributed by atoms with Crippen LogP contribution in [0.1, 0.15) is 61.0 Å². The van der Waals surface area contributed by atoms with Crippen molar-refractivity contribution in [2.24, 2.45) is 5.41 Å². The smallest absolute Gasteiger partial charge is 0.253 e. The summed E-state index contributed by atoms with van der Waals surface area (Å²) in [6.07, 6.45) is 5.65. The van der Waals surface area contributed by atoms with Crippen LogP contribution >= 0.6 is 0 Å². The van der Waals surface area contributed by atoms with Crippen LogP contribution in [0.2, 0.25) is 0 Å². The molecule has 0 radical (unpaired) electrons. The second kappa shape index (κ2) is 8.11. The monoisotopic (exact) mass is 433 g/mol. The molecule has 0 aliphatic carbocycles. The van der Waals surface area contributed by atoms with Gasteiger partial charge in [0, 0.05) is 42.9 Å². The Bertz CT molecular complexity index is 980. The normalized spacial score (nSPS) is 21.9. The standard InChI is InChI=1S/C27H35N3O2/c1-26(2)18-21-4-3-5-22(24(21)32-26)19-29-14-10-27(11-15-29)12-16-30(17-13-27)25(31)20-6-8-23(28)9-7-20/h3-9H,10-19,28H2,1-2H3. The molecular formula is C27H35N3O2. The summed E-state index contributed by atoms with van der Waals surface area (Å²) in [5, 5.41) is 0. The number of benzene rings is 2. The third-order valence-corrected chi connectivity index (χ3v) is 7.75. The third kappa shape index (κ3) is 4.23. The van der Waals surface area contributed by atoms with Crippen LogP contribution in [-0.2, 0) is 13.0 Å². The molecule has 3 aliphatic heterocycles. The zero-order valence-corrected chi connectivity index (χ0v) is 19.4. The van der Waals surface area contributed by atoms with Crippen molar-refractivity contribution in [3.8, 4) is 5.75 Å². The number of fused-ring (bicyclic) bond motifs is 1. The first-order chi connectivity index (χ1) is 15.3. The molecule has 3 aliphatic rings. The molecule has 2 saturated heterocycles. The largest absolute Gasteiger partial charge is 0.487 e. The van der Waals surface area contributed by atoms with Gasteiger partial charge in [0.25, 0.3) is 5.91 Å². The molecule has 2 N–H and O–H groups in total. The van der Waals surface area contributed by atoms with Gasteiger partial charge in [-0.3, -0.25) is 9.69 Å². The number of nitrogens with zero attached hydrogens (tertiary/aromatic N) is 2. The minimum absolute atomic E-state index is 0.0951. The number of nitrogens with two attached hydrogens (primary N) is 1. The van der Waals surface area contributed by atoms with Crippen LogP contribution in [0.3, 0.4) is 0 Å². The van der Waals surface area contributed by atoms with Crippen molar-refractivity contribution >= 4 is 11.6 Å². The summed E-state index contributed by atoms with van der Waals surface area (Å²) in [7, 11) is 0. The Kier molecular flexibility index (Phi) is 5.40. The number of piperidine rings is 2. The van der Waals surface area contributed by atoms with Crippen molar-refractivity contribution in [3.05, 3.63) is 59.2 Å². The van der Waals surface area contributed by atoms with Gasteiger partial charge in [0.1, 0.15) is 11.4 Å². The predicted octanol–water partition coefficient (Wildman–Crippen LogP) is 4.50. The SMILES string of the molecule is CC1(C)Cc2cccc(CN3CCC4(CC3)CCN(C(=O)c3ccc(N)cc3)CC4)c2O1. The van der Waals surface area contributed by atoms with E-state index in [1.54, 1.807) is 0 Å². The van der Waals surface area contributed by atoms with E-state index in [-0.39, 0.29) is 11.5 Å². The first-order valence-corrected chi connectivity index (χ1v) is 12.0. The highest BCUT2D eigenvalue weighted by molar-refractivity contribution is 5.94. The van der Waals surface area contributed by atoms with Crippen LogP contribution in [0, 0.1) is 5.41 Å². The molecule has 0 aromatic heterocycles.